The normalized spacial score (nSPS) is 24.6. The van der Waals surface area contributed by atoms with Crippen molar-refractivity contribution in [3.63, 3.8) is 0 Å². The van der Waals surface area contributed by atoms with Gasteiger partial charge in [-0.2, -0.15) is 26.3 Å². The number of nitrogens with one attached hydrogen (secondary N) is 1. The number of carboxylic acid groups (broad SMARTS) is 2. The van der Waals surface area contributed by atoms with Gasteiger partial charge in [-0.3, -0.25) is 4.90 Å². The molecule has 4 fully saturated rings. The highest BCUT2D eigenvalue weighted by atomic mass is 19.4. The van der Waals surface area contributed by atoms with Crippen LogP contribution in [-0.4, -0.2) is 84.8 Å². The average Bonchev–Trinajstić information content (AvgIpc) is 3.63. The lowest BCUT2D eigenvalue weighted by Crippen LogP contribution is -2.39. The van der Waals surface area contributed by atoms with Gasteiger partial charge in [0.2, 0.25) is 0 Å². The molecule has 198 valence electrons. The van der Waals surface area contributed by atoms with E-state index in [9.17, 15) is 26.3 Å². The zero-order valence-corrected chi connectivity index (χ0v) is 18.8. The summed E-state index contributed by atoms with van der Waals surface area (Å²) in [6, 6.07) is 0.715. The van der Waals surface area contributed by atoms with Crippen molar-refractivity contribution >= 4 is 11.9 Å². The highest BCUT2D eigenvalue weighted by Crippen LogP contribution is 2.44. The van der Waals surface area contributed by atoms with Gasteiger partial charge in [-0.15, -0.1) is 0 Å². The third-order valence-electron chi connectivity index (χ3n) is 6.42. The topological polar surface area (TPSA) is 99.1 Å². The minimum absolute atomic E-state index is 0.619. The lowest BCUT2D eigenvalue weighted by Gasteiger charge is -2.33. The number of piperidine rings is 1. The van der Waals surface area contributed by atoms with Crippen molar-refractivity contribution in [2.24, 2.45) is 17.3 Å². The van der Waals surface area contributed by atoms with Gasteiger partial charge < -0.3 is 20.3 Å². The van der Waals surface area contributed by atoms with Crippen molar-refractivity contribution in [3.8, 4) is 0 Å². The molecule has 0 aromatic carbocycles. The summed E-state index contributed by atoms with van der Waals surface area (Å²) in [6.45, 7) is 7.19. The van der Waals surface area contributed by atoms with Crippen LogP contribution in [0, 0.1) is 17.3 Å². The van der Waals surface area contributed by atoms with Crippen LogP contribution in [0.1, 0.15) is 44.9 Å². The highest BCUT2D eigenvalue weighted by molar-refractivity contribution is 5.73. The first kappa shape index (κ1) is 28.6. The Morgan fingerprint density at radius 2 is 1.35 bits per heavy atom. The van der Waals surface area contributed by atoms with Crippen LogP contribution in [0.3, 0.4) is 0 Å². The Balaban J connectivity index is 0.000000244. The molecule has 1 atom stereocenters. The van der Waals surface area contributed by atoms with E-state index in [1.807, 2.05) is 0 Å². The van der Waals surface area contributed by atoms with E-state index in [1.165, 1.54) is 71.1 Å². The van der Waals surface area contributed by atoms with E-state index < -0.39 is 24.3 Å². The zero-order chi connectivity index (χ0) is 25.6. The lowest BCUT2D eigenvalue weighted by molar-refractivity contribution is -0.193. The Kier molecular flexibility index (Phi) is 10.0. The smallest absolute Gasteiger partial charge is 0.475 e. The number of ether oxygens (including phenoxy) is 1. The van der Waals surface area contributed by atoms with Crippen molar-refractivity contribution < 1.29 is 50.9 Å². The van der Waals surface area contributed by atoms with Gasteiger partial charge in [0.15, 0.2) is 0 Å². The maximum absolute atomic E-state index is 10.6. The van der Waals surface area contributed by atoms with Crippen molar-refractivity contribution in [2.45, 2.75) is 63.3 Å². The van der Waals surface area contributed by atoms with Gasteiger partial charge in [0, 0.05) is 25.7 Å². The number of hydrogen-bond donors (Lipinski definition) is 3. The molecule has 2 aliphatic carbocycles. The van der Waals surface area contributed by atoms with Crippen molar-refractivity contribution in [2.75, 3.05) is 39.4 Å². The van der Waals surface area contributed by atoms with Crippen molar-refractivity contribution in [3.05, 3.63) is 0 Å². The highest BCUT2D eigenvalue weighted by Gasteiger charge is 2.45. The first-order valence-electron chi connectivity index (χ1n) is 11.3. The Morgan fingerprint density at radius 1 is 0.882 bits per heavy atom. The molecule has 2 aliphatic heterocycles. The van der Waals surface area contributed by atoms with E-state index in [-0.39, 0.29) is 0 Å². The molecule has 2 saturated carbocycles. The van der Waals surface area contributed by atoms with Crippen LogP contribution in [0.25, 0.3) is 0 Å². The third-order valence-corrected chi connectivity index (χ3v) is 6.42. The molecule has 0 aromatic heterocycles. The largest absolute Gasteiger partial charge is 0.490 e. The van der Waals surface area contributed by atoms with Crippen LogP contribution in [0.4, 0.5) is 26.3 Å². The standard InChI is InChI=1S/C17H30N2O.2C2HF3O2/c1-2-14(1)10-19-13-17(5-7-18-8-6-17)9-16(19)12-20-11-15-3-4-15;2*3-2(4,5)1(6)7/h14-16,18H,1-13H2;2*(H,6,7). The van der Waals surface area contributed by atoms with Gasteiger partial charge in [0.1, 0.15) is 0 Å². The lowest BCUT2D eigenvalue weighted by atomic mass is 9.77. The number of alkyl halides is 6. The van der Waals surface area contributed by atoms with Crippen molar-refractivity contribution in [1.82, 2.24) is 10.2 Å². The summed E-state index contributed by atoms with van der Waals surface area (Å²) in [5.74, 6) is -3.60. The Morgan fingerprint density at radius 3 is 1.76 bits per heavy atom. The Bertz CT molecular complexity index is 650. The minimum atomic E-state index is -5.08. The molecular formula is C21H32F6N2O5. The fraction of sp³-hybridized carbons (Fsp3) is 0.905. The molecule has 0 bridgehead atoms. The molecule has 4 aliphatic rings. The monoisotopic (exact) mass is 506 g/mol. The molecule has 3 N–H and O–H groups in total. The zero-order valence-electron chi connectivity index (χ0n) is 18.8. The summed E-state index contributed by atoms with van der Waals surface area (Å²) >= 11 is 0. The SMILES string of the molecule is C1CC2(CCN1)CC(COCC1CC1)N(CC1CC1)C2.O=C(O)C(F)(F)F.O=C(O)C(F)(F)F. The van der Waals surface area contributed by atoms with Crippen LogP contribution in [0.5, 0.6) is 0 Å². The number of carboxylic acids is 2. The van der Waals surface area contributed by atoms with Gasteiger partial charge in [-0.05, 0) is 75.3 Å². The maximum atomic E-state index is 10.6. The summed E-state index contributed by atoms with van der Waals surface area (Å²) in [5.41, 5.74) is 0.619. The van der Waals surface area contributed by atoms with Gasteiger partial charge >= 0.3 is 24.3 Å². The number of halogens is 6. The van der Waals surface area contributed by atoms with Gasteiger partial charge in [0.25, 0.3) is 0 Å². The first-order chi connectivity index (χ1) is 15.7. The molecule has 34 heavy (non-hydrogen) atoms. The average molecular weight is 506 g/mol. The molecule has 2 heterocycles. The van der Waals surface area contributed by atoms with Crippen LogP contribution in [-0.2, 0) is 14.3 Å². The van der Waals surface area contributed by atoms with E-state index >= 15 is 0 Å². The Labute approximate surface area is 193 Å². The number of carbonyl (C=O) groups is 2. The van der Waals surface area contributed by atoms with Crippen LogP contribution in [0.2, 0.25) is 0 Å². The second-order valence-corrected chi connectivity index (χ2v) is 9.57. The van der Waals surface area contributed by atoms with E-state index in [2.05, 4.69) is 10.2 Å². The summed E-state index contributed by atoms with van der Waals surface area (Å²) in [6.07, 6.45) is -0.244. The molecule has 2 saturated heterocycles. The summed E-state index contributed by atoms with van der Waals surface area (Å²) in [4.78, 5) is 20.6. The van der Waals surface area contributed by atoms with E-state index in [0.29, 0.717) is 11.5 Å². The van der Waals surface area contributed by atoms with Gasteiger partial charge in [-0.1, -0.05) is 0 Å². The molecule has 1 unspecified atom stereocenters. The molecular weight excluding hydrogens is 474 g/mol. The van der Waals surface area contributed by atoms with Gasteiger partial charge in [0.05, 0.1) is 6.61 Å². The molecule has 4 rings (SSSR count). The van der Waals surface area contributed by atoms with Crippen LogP contribution in [0.15, 0.2) is 0 Å². The molecule has 0 radical (unpaired) electrons. The van der Waals surface area contributed by atoms with Crippen LogP contribution < -0.4 is 5.32 Å². The first-order valence-corrected chi connectivity index (χ1v) is 11.3. The van der Waals surface area contributed by atoms with Gasteiger partial charge in [-0.25, -0.2) is 9.59 Å². The molecule has 0 aromatic rings. The van der Waals surface area contributed by atoms with Crippen LogP contribution >= 0.6 is 0 Å². The fourth-order valence-corrected chi connectivity index (χ4v) is 4.24. The van der Waals surface area contributed by atoms with E-state index in [4.69, 9.17) is 24.5 Å². The minimum Gasteiger partial charge on any atom is -0.475 e. The summed E-state index contributed by atoms with van der Waals surface area (Å²) in [7, 11) is 0. The quantitative estimate of drug-likeness (QED) is 0.474. The number of nitrogens with zero attached hydrogens (tertiary/aromatic N) is 1. The van der Waals surface area contributed by atoms with E-state index in [1.54, 1.807) is 0 Å². The molecule has 0 amide bonds. The third kappa shape index (κ3) is 10.3. The number of aliphatic carboxylic acids is 2. The van der Waals surface area contributed by atoms with E-state index in [0.717, 1.165) is 25.0 Å². The number of likely N-dealkylation sites (tertiary alicyclic amines) is 1. The molecule has 7 nitrogen and oxygen atoms in total. The fourth-order valence-electron chi connectivity index (χ4n) is 4.24. The summed E-state index contributed by atoms with van der Waals surface area (Å²) < 4.78 is 69.5. The number of hydrogen-bond acceptors (Lipinski definition) is 5. The van der Waals surface area contributed by atoms with Crippen molar-refractivity contribution in [1.29, 1.82) is 0 Å². The molecule has 13 heteroatoms. The number of rotatable bonds is 6. The second-order valence-electron chi connectivity index (χ2n) is 9.57. The molecule has 1 spiro atoms. The predicted octanol–water partition coefficient (Wildman–Crippen LogP) is 3.53. The maximum Gasteiger partial charge on any atom is 0.490 e. The Hall–Kier alpha value is -1.60. The second kappa shape index (κ2) is 11.9. The predicted molar refractivity (Wildman–Crippen MR) is 108 cm³/mol. The summed E-state index contributed by atoms with van der Waals surface area (Å²) in [5, 5.41) is 17.8.